The molecule has 0 saturated heterocycles. The van der Waals surface area contributed by atoms with Gasteiger partial charge in [0.05, 0.1) is 22.9 Å². The molecule has 4 aromatic heterocycles. The average Bonchev–Trinajstić information content (AvgIpc) is 3.50. The van der Waals surface area contributed by atoms with Gasteiger partial charge in [-0.2, -0.15) is 0 Å². The summed E-state index contributed by atoms with van der Waals surface area (Å²) in [5.74, 6) is 0.146. The van der Waals surface area contributed by atoms with Gasteiger partial charge in [0.15, 0.2) is 11.4 Å². The van der Waals surface area contributed by atoms with Crippen molar-refractivity contribution in [3.63, 3.8) is 0 Å². The van der Waals surface area contributed by atoms with E-state index >= 15 is 0 Å². The molecule has 4 heterocycles. The third kappa shape index (κ3) is 4.68. The van der Waals surface area contributed by atoms with Crippen LogP contribution in [-0.4, -0.2) is 32.1 Å². The summed E-state index contributed by atoms with van der Waals surface area (Å²) in [5, 5.41) is 4.41. The summed E-state index contributed by atoms with van der Waals surface area (Å²) in [7, 11) is 0. The topological polar surface area (TPSA) is 153 Å². The van der Waals surface area contributed by atoms with E-state index in [0.717, 1.165) is 6.42 Å². The van der Waals surface area contributed by atoms with Gasteiger partial charge >= 0.3 is 5.69 Å². The Morgan fingerprint density at radius 2 is 2.08 bits per heavy atom. The van der Waals surface area contributed by atoms with Crippen molar-refractivity contribution >= 4 is 28.5 Å². The number of H-pyrrole nitrogens is 1. The fourth-order valence-corrected chi connectivity index (χ4v) is 4.04. The van der Waals surface area contributed by atoms with Gasteiger partial charge in [-0.25, -0.2) is 9.78 Å². The zero-order valence-electron chi connectivity index (χ0n) is 20.8. The van der Waals surface area contributed by atoms with Crippen molar-refractivity contribution in [2.45, 2.75) is 53.5 Å². The Labute approximate surface area is 206 Å². The molecule has 4 aromatic rings. The first-order chi connectivity index (χ1) is 17.2. The maximum absolute atomic E-state index is 14.2. The quantitative estimate of drug-likeness (QED) is 0.357. The number of nitrogens with one attached hydrogen (secondary N) is 1. The van der Waals surface area contributed by atoms with Gasteiger partial charge in [0.2, 0.25) is 0 Å². The molecule has 0 aliphatic carbocycles. The zero-order valence-corrected chi connectivity index (χ0v) is 20.8. The number of pyridine rings is 1. The summed E-state index contributed by atoms with van der Waals surface area (Å²) < 4.78 is 12.2. The first-order valence-corrected chi connectivity index (χ1v) is 12.0. The molecule has 36 heavy (non-hydrogen) atoms. The van der Waals surface area contributed by atoms with Gasteiger partial charge in [-0.15, -0.1) is 0 Å². The first kappa shape index (κ1) is 25.0. The number of carbonyl (C=O) groups is 1. The normalized spacial score (nSPS) is 11.5. The predicted molar refractivity (Wildman–Crippen MR) is 136 cm³/mol. The molecular formula is C25H30N6O5. The number of nitrogen functional groups attached to an aromatic ring is 1. The Kier molecular flexibility index (Phi) is 7.09. The van der Waals surface area contributed by atoms with Crippen LogP contribution in [0.2, 0.25) is 0 Å². The molecule has 0 aromatic carbocycles. The second kappa shape index (κ2) is 10.2. The summed E-state index contributed by atoms with van der Waals surface area (Å²) in [6, 6.07) is 5.02. The van der Waals surface area contributed by atoms with Crippen molar-refractivity contribution in [2.75, 3.05) is 17.2 Å². The van der Waals surface area contributed by atoms with E-state index in [2.05, 4.69) is 15.1 Å². The second-order valence-electron chi connectivity index (χ2n) is 9.12. The average molecular weight is 495 g/mol. The van der Waals surface area contributed by atoms with E-state index in [9.17, 15) is 14.4 Å². The first-order valence-electron chi connectivity index (χ1n) is 12.0. The van der Waals surface area contributed by atoms with Crippen LogP contribution in [0.25, 0.3) is 22.6 Å². The standard InChI is InChI=1S/C25H30N6O5/c1-5-6-10-31-21(26)20(22(32)28-25(31)34)30(11-9-14(2)3)24(33)16-13-17(18-8-7-12-35-18)27-23-19(16)15(4)29-36-23/h7-8,12-14H,5-6,9-11,26H2,1-4H3,(H,28,32,34). The lowest BCUT2D eigenvalue weighted by atomic mass is 10.1. The smallest absolute Gasteiger partial charge is 0.330 e. The number of rotatable bonds is 9. The molecule has 0 unspecified atom stereocenters. The summed E-state index contributed by atoms with van der Waals surface area (Å²) in [4.78, 5) is 47.8. The van der Waals surface area contributed by atoms with Crippen LogP contribution < -0.4 is 21.9 Å². The van der Waals surface area contributed by atoms with Crippen molar-refractivity contribution in [3.05, 3.63) is 56.6 Å². The number of aromatic amines is 1. The molecule has 3 N–H and O–H groups in total. The van der Waals surface area contributed by atoms with Gasteiger partial charge in [-0.05, 0) is 43.9 Å². The highest BCUT2D eigenvalue weighted by Gasteiger charge is 2.29. The Morgan fingerprint density at radius 1 is 1.31 bits per heavy atom. The van der Waals surface area contributed by atoms with Crippen LogP contribution in [-0.2, 0) is 6.54 Å². The van der Waals surface area contributed by atoms with E-state index in [1.54, 1.807) is 25.1 Å². The molecule has 0 fully saturated rings. The lowest BCUT2D eigenvalue weighted by molar-refractivity contribution is 0.0987. The molecule has 1 amide bonds. The Morgan fingerprint density at radius 3 is 2.75 bits per heavy atom. The second-order valence-corrected chi connectivity index (χ2v) is 9.12. The minimum absolute atomic E-state index is 0.0482. The van der Waals surface area contributed by atoms with Gasteiger partial charge in [-0.3, -0.25) is 19.1 Å². The number of anilines is 2. The molecular weight excluding hydrogens is 464 g/mol. The summed E-state index contributed by atoms with van der Waals surface area (Å²) in [6.07, 6.45) is 3.62. The monoisotopic (exact) mass is 494 g/mol. The number of unbranched alkanes of at least 4 members (excludes halogenated alkanes) is 1. The number of nitrogens with zero attached hydrogens (tertiary/aromatic N) is 4. The van der Waals surface area contributed by atoms with E-state index in [0.29, 0.717) is 41.9 Å². The van der Waals surface area contributed by atoms with Gasteiger partial charge < -0.3 is 19.6 Å². The van der Waals surface area contributed by atoms with E-state index in [-0.39, 0.29) is 35.2 Å². The molecule has 0 aliphatic heterocycles. The highest BCUT2D eigenvalue weighted by molar-refractivity contribution is 6.14. The maximum atomic E-state index is 14.2. The number of aryl methyl sites for hydroxylation is 1. The number of fused-ring (bicyclic) bond motifs is 1. The summed E-state index contributed by atoms with van der Waals surface area (Å²) in [5.41, 5.74) is 6.25. The Balaban J connectivity index is 1.92. The molecule has 190 valence electrons. The summed E-state index contributed by atoms with van der Waals surface area (Å²) >= 11 is 0. The lowest BCUT2D eigenvalue weighted by Gasteiger charge is -2.25. The van der Waals surface area contributed by atoms with Crippen LogP contribution in [0, 0.1) is 12.8 Å². The number of hydrogen-bond acceptors (Lipinski definition) is 8. The highest BCUT2D eigenvalue weighted by Crippen LogP contribution is 2.30. The van der Waals surface area contributed by atoms with Gasteiger partial charge in [-0.1, -0.05) is 32.3 Å². The van der Waals surface area contributed by atoms with E-state index in [1.165, 1.54) is 15.7 Å². The minimum Gasteiger partial charge on any atom is -0.463 e. The molecule has 0 spiro atoms. The van der Waals surface area contributed by atoms with Crippen molar-refractivity contribution in [2.24, 2.45) is 5.92 Å². The fourth-order valence-electron chi connectivity index (χ4n) is 4.04. The van der Waals surface area contributed by atoms with Crippen LogP contribution in [0.1, 0.15) is 56.1 Å². The van der Waals surface area contributed by atoms with E-state index < -0.39 is 17.2 Å². The minimum atomic E-state index is -0.721. The molecule has 11 nitrogen and oxygen atoms in total. The fraction of sp³-hybridized carbons (Fsp3) is 0.400. The molecule has 11 heteroatoms. The molecule has 0 atom stereocenters. The van der Waals surface area contributed by atoms with Crippen LogP contribution in [0.5, 0.6) is 0 Å². The third-order valence-electron chi connectivity index (χ3n) is 6.02. The zero-order chi connectivity index (χ0) is 26.0. The summed E-state index contributed by atoms with van der Waals surface area (Å²) in [6.45, 7) is 8.26. The van der Waals surface area contributed by atoms with Crippen LogP contribution in [0.3, 0.4) is 0 Å². The maximum Gasteiger partial charge on any atom is 0.330 e. The van der Waals surface area contributed by atoms with Crippen molar-refractivity contribution in [1.82, 2.24) is 19.7 Å². The van der Waals surface area contributed by atoms with Gasteiger partial charge in [0.1, 0.15) is 11.5 Å². The molecule has 0 bridgehead atoms. The Bertz CT molecular complexity index is 1500. The predicted octanol–water partition coefficient (Wildman–Crippen LogP) is 3.72. The highest BCUT2D eigenvalue weighted by atomic mass is 16.5. The number of nitrogens with two attached hydrogens (primary N) is 1. The van der Waals surface area contributed by atoms with E-state index in [1.807, 2.05) is 20.8 Å². The van der Waals surface area contributed by atoms with Crippen molar-refractivity contribution in [1.29, 1.82) is 0 Å². The number of furan rings is 1. The molecule has 0 radical (unpaired) electrons. The largest absolute Gasteiger partial charge is 0.463 e. The lowest BCUT2D eigenvalue weighted by Crippen LogP contribution is -2.42. The number of aromatic nitrogens is 4. The molecule has 4 rings (SSSR count). The van der Waals surface area contributed by atoms with Gasteiger partial charge in [0, 0.05) is 13.1 Å². The van der Waals surface area contributed by atoms with Crippen LogP contribution in [0.4, 0.5) is 11.5 Å². The third-order valence-corrected chi connectivity index (χ3v) is 6.02. The van der Waals surface area contributed by atoms with Crippen molar-refractivity contribution < 1.29 is 13.7 Å². The number of hydrogen-bond donors (Lipinski definition) is 2. The van der Waals surface area contributed by atoms with E-state index in [4.69, 9.17) is 14.7 Å². The van der Waals surface area contributed by atoms with Gasteiger partial charge in [0.25, 0.3) is 17.2 Å². The molecule has 0 aliphatic rings. The number of amides is 1. The van der Waals surface area contributed by atoms with Crippen LogP contribution in [0.15, 0.2) is 43.0 Å². The van der Waals surface area contributed by atoms with Crippen molar-refractivity contribution in [3.8, 4) is 11.5 Å². The van der Waals surface area contributed by atoms with Crippen LogP contribution >= 0.6 is 0 Å². The Hall–Kier alpha value is -4.15. The SMILES string of the molecule is CCCCn1c(N)c(N(CCC(C)C)C(=O)c2cc(-c3ccco3)nc3onc(C)c23)c(=O)[nH]c1=O. The molecule has 0 saturated carbocycles. The number of carbonyl (C=O) groups excluding carboxylic acids is 1.